The largest absolute Gasteiger partial charge is 0.416 e. The summed E-state index contributed by atoms with van der Waals surface area (Å²) in [4.78, 5) is 12.3. The summed E-state index contributed by atoms with van der Waals surface area (Å²) < 4.78 is 38.6. The molecule has 1 amide bonds. The molecule has 122 valence electrons. The first-order valence-electron chi connectivity index (χ1n) is 7.27. The van der Waals surface area contributed by atoms with E-state index in [4.69, 9.17) is 0 Å². The normalized spacial score (nSPS) is 11.6. The van der Waals surface area contributed by atoms with E-state index in [1.807, 2.05) is 26.0 Å². The van der Waals surface area contributed by atoms with Gasteiger partial charge < -0.3 is 5.32 Å². The van der Waals surface area contributed by atoms with Crippen molar-refractivity contribution in [1.29, 1.82) is 0 Å². The van der Waals surface area contributed by atoms with E-state index >= 15 is 0 Å². The highest BCUT2D eigenvalue weighted by atomic mass is 19.4. The Balaban J connectivity index is 2.34. The van der Waals surface area contributed by atoms with Gasteiger partial charge in [-0.05, 0) is 48.2 Å². The molecule has 0 spiro atoms. The van der Waals surface area contributed by atoms with Crippen LogP contribution in [0, 0.1) is 6.92 Å². The summed E-state index contributed by atoms with van der Waals surface area (Å²) in [5.74, 6) is -0.359. The van der Waals surface area contributed by atoms with Crippen LogP contribution < -0.4 is 5.32 Å². The minimum absolute atomic E-state index is 0.00381. The van der Waals surface area contributed by atoms with Gasteiger partial charge in [-0.25, -0.2) is 0 Å². The molecule has 0 radical (unpaired) electrons. The fraction of sp³-hybridized carbons (Fsp3) is 0.278. The van der Waals surface area contributed by atoms with Crippen molar-refractivity contribution in [2.24, 2.45) is 0 Å². The molecule has 0 unspecified atom stereocenters. The van der Waals surface area contributed by atoms with Gasteiger partial charge in [0.05, 0.1) is 5.56 Å². The third-order valence-corrected chi connectivity index (χ3v) is 3.50. The Bertz CT molecular complexity index is 720. The van der Waals surface area contributed by atoms with E-state index in [0.29, 0.717) is 11.3 Å². The number of alkyl halides is 3. The molecule has 2 nitrogen and oxygen atoms in total. The lowest BCUT2D eigenvalue weighted by atomic mass is 10.0. The third kappa shape index (κ3) is 4.12. The zero-order valence-electron chi connectivity index (χ0n) is 13.2. The van der Waals surface area contributed by atoms with Gasteiger partial charge in [0.2, 0.25) is 0 Å². The predicted molar refractivity (Wildman–Crippen MR) is 84.7 cm³/mol. The van der Waals surface area contributed by atoms with Gasteiger partial charge in [0, 0.05) is 11.3 Å². The molecule has 2 aromatic carbocycles. The quantitative estimate of drug-likeness (QED) is 0.807. The Morgan fingerprint density at radius 1 is 1.09 bits per heavy atom. The number of hydrogen-bond donors (Lipinski definition) is 1. The summed E-state index contributed by atoms with van der Waals surface area (Å²) >= 11 is 0. The lowest BCUT2D eigenvalue weighted by molar-refractivity contribution is -0.137. The zero-order valence-corrected chi connectivity index (χ0v) is 13.2. The van der Waals surface area contributed by atoms with Crippen molar-refractivity contribution in [3.63, 3.8) is 0 Å². The molecule has 0 aliphatic carbocycles. The van der Waals surface area contributed by atoms with Crippen LogP contribution in [-0.4, -0.2) is 5.91 Å². The van der Waals surface area contributed by atoms with E-state index in [1.54, 1.807) is 12.1 Å². The average molecular weight is 321 g/mol. The minimum atomic E-state index is -4.48. The fourth-order valence-corrected chi connectivity index (χ4v) is 2.39. The van der Waals surface area contributed by atoms with Crippen LogP contribution in [0.4, 0.5) is 18.9 Å². The summed E-state index contributed by atoms with van der Waals surface area (Å²) in [6.07, 6.45) is -4.48. The van der Waals surface area contributed by atoms with Gasteiger partial charge in [-0.2, -0.15) is 13.2 Å². The fourth-order valence-electron chi connectivity index (χ4n) is 2.39. The van der Waals surface area contributed by atoms with Crippen molar-refractivity contribution in [2.45, 2.75) is 32.9 Å². The highest BCUT2D eigenvalue weighted by Gasteiger charge is 2.31. The molecule has 5 heteroatoms. The number of anilines is 1. The van der Waals surface area contributed by atoms with Crippen LogP contribution in [0.2, 0.25) is 0 Å². The molecule has 23 heavy (non-hydrogen) atoms. The molecular formula is C18H18F3NO. The summed E-state index contributed by atoms with van der Waals surface area (Å²) in [6.45, 7) is 5.51. The van der Waals surface area contributed by atoms with E-state index < -0.39 is 17.6 Å². The standard InChI is InChI=1S/C18H18F3NO/c1-11(2)15-6-4-5-7-16(15)22-17(23)13-8-12(3)9-14(10-13)18(19,20)21/h4-11H,1-3H3,(H,22,23). The number of hydrogen-bond acceptors (Lipinski definition) is 1. The summed E-state index contributed by atoms with van der Waals surface area (Å²) in [5, 5.41) is 2.71. The van der Waals surface area contributed by atoms with Gasteiger partial charge in [0.15, 0.2) is 0 Å². The maximum atomic E-state index is 12.9. The van der Waals surface area contributed by atoms with Crippen LogP contribution in [0.25, 0.3) is 0 Å². The van der Waals surface area contributed by atoms with E-state index in [-0.39, 0.29) is 11.5 Å². The van der Waals surface area contributed by atoms with E-state index in [9.17, 15) is 18.0 Å². The van der Waals surface area contributed by atoms with Crippen LogP contribution in [0.15, 0.2) is 42.5 Å². The SMILES string of the molecule is Cc1cc(C(=O)Nc2ccccc2C(C)C)cc(C(F)(F)F)c1. The van der Waals surface area contributed by atoms with E-state index in [2.05, 4.69) is 5.32 Å². The number of para-hydroxylation sites is 1. The highest BCUT2D eigenvalue weighted by Crippen LogP contribution is 2.31. The predicted octanol–water partition coefficient (Wildman–Crippen LogP) is 5.39. The lowest BCUT2D eigenvalue weighted by Crippen LogP contribution is -2.15. The second-order valence-corrected chi connectivity index (χ2v) is 5.78. The number of carbonyl (C=O) groups is 1. The van der Waals surface area contributed by atoms with E-state index in [0.717, 1.165) is 17.7 Å². The smallest absolute Gasteiger partial charge is 0.322 e. The molecule has 2 aromatic rings. The Kier molecular flexibility index (Phi) is 4.78. The summed E-state index contributed by atoms with van der Waals surface area (Å²) in [7, 11) is 0. The molecule has 0 fully saturated rings. The third-order valence-electron chi connectivity index (χ3n) is 3.50. The number of nitrogens with one attached hydrogen (secondary N) is 1. The molecule has 0 saturated heterocycles. The lowest BCUT2D eigenvalue weighted by Gasteiger charge is -2.15. The second-order valence-electron chi connectivity index (χ2n) is 5.78. The zero-order chi connectivity index (χ0) is 17.2. The minimum Gasteiger partial charge on any atom is -0.322 e. The molecule has 0 saturated carbocycles. The Morgan fingerprint density at radius 3 is 2.35 bits per heavy atom. The molecule has 1 N–H and O–H groups in total. The molecule has 0 atom stereocenters. The van der Waals surface area contributed by atoms with Gasteiger partial charge in [0.25, 0.3) is 5.91 Å². The van der Waals surface area contributed by atoms with Crippen LogP contribution in [0.3, 0.4) is 0 Å². The van der Waals surface area contributed by atoms with Crippen molar-refractivity contribution in [2.75, 3.05) is 5.32 Å². The van der Waals surface area contributed by atoms with Crippen molar-refractivity contribution in [3.05, 3.63) is 64.7 Å². The molecule has 0 aromatic heterocycles. The molecule has 0 heterocycles. The molecule has 2 rings (SSSR count). The number of aryl methyl sites for hydroxylation is 1. The van der Waals surface area contributed by atoms with Gasteiger partial charge in [-0.3, -0.25) is 4.79 Å². The summed E-state index contributed by atoms with van der Waals surface area (Å²) in [6, 6.07) is 10.6. The number of benzene rings is 2. The van der Waals surface area contributed by atoms with Crippen LogP contribution in [0.1, 0.15) is 46.8 Å². The molecule has 0 bridgehead atoms. The number of amides is 1. The maximum absolute atomic E-state index is 12.9. The highest BCUT2D eigenvalue weighted by molar-refractivity contribution is 6.05. The van der Waals surface area contributed by atoms with E-state index in [1.165, 1.54) is 13.0 Å². The van der Waals surface area contributed by atoms with Crippen molar-refractivity contribution >= 4 is 11.6 Å². The van der Waals surface area contributed by atoms with Crippen LogP contribution in [0.5, 0.6) is 0 Å². The number of halogens is 3. The van der Waals surface area contributed by atoms with Gasteiger partial charge >= 0.3 is 6.18 Å². The molecule has 0 aliphatic heterocycles. The van der Waals surface area contributed by atoms with Gasteiger partial charge in [0.1, 0.15) is 0 Å². The number of rotatable bonds is 3. The topological polar surface area (TPSA) is 29.1 Å². The van der Waals surface area contributed by atoms with Crippen LogP contribution in [-0.2, 0) is 6.18 Å². The first-order chi connectivity index (χ1) is 10.7. The van der Waals surface area contributed by atoms with Crippen molar-refractivity contribution in [1.82, 2.24) is 0 Å². The van der Waals surface area contributed by atoms with Gasteiger partial charge in [-0.15, -0.1) is 0 Å². The first kappa shape index (κ1) is 17.1. The van der Waals surface area contributed by atoms with Crippen LogP contribution >= 0.6 is 0 Å². The molecule has 0 aliphatic rings. The number of carbonyl (C=O) groups excluding carboxylic acids is 1. The average Bonchev–Trinajstić information content (AvgIpc) is 2.46. The Labute approximate surface area is 133 Å². The maximum Gasteiger partial charge on any atom is 0.416 e. The molecular weight excluding hydrogens is 303 g/mol. The summed E-state index contributed by atoms with van der Waals surface area (Å²) in [5.41, 5.74) is 1.12. The van der Waals surface area contributed by atoms with Gasteiger partial charge in [-0.1, -0.05) is 32.0 Å². The second kappa shape index (κ2) is 6.44. The first-order valence-corrected chi connectivity index (χ1v) is 7.27. The van der Waals surface area contributed by atoms with Crippen molar-refractivity contribution in [3.8, 4) is 0 Å². The van der Waals surface area contributed by atoms with Crippen molar-refractivity contribution < 1.29 is 18.0 Å². The monoisotopic (exact) mass is 321 g/mol. The Hall–Kier alpha value is -2.30. The Morgan fingerprint density at radius 2 is 1.74 bits per heavy atom.